The molecule has 1 aromatic carbocycles. The smallest absolute Gasteiger partial charge is 0.356 e. The van der Waals surface area contributed by atoms with Crippen LogP contribution in [0.2, 0.25) is 0 Å². The molecule has 106 valence electrons. The van der Waals surface area contributed by atoms with Crippen LogP contribution in [0.25, 0.3) is 11.3 Å². The highest BCUT2D eigenvalue weighted by molar-refractivity contribution is 5.87. The van der Waals surface area contributed by atoms with Gasteiger partial charge in [0.25, 0.3) is 0 Å². The minimum absolute atomic E-state index is 0.0386. The lowest BCUT2D eigenvalue weighted by atomic mass is 10.1. The van der Waals surface area contributed by atoms with Gasteiger partial charge >= 0.3 is 5.97 Å². The minimum Gasteiger partial charge on any atom is -0.494 e. The normalized spacial score (nSPS) is 10.8. The Kier molecular flexibility index (Phi) is 3.74. The third-order valence-corrected chi connectivity index (χ3v) is 2.89. The number of rotatable bonds is 4. The molecule has 0 radical (unpaired) electrons. The van der Waals surface area contributed by atoms with E-state index in [1.807, 2.05) is 13.8 Å². The van der Waals surface area contributed by atoms with Gasteiger partial charge in [-0.1, -0.05) is 0 Å². The Morgan fingerprint density at radius 2 is 2.10 bits per heavy atom. The van der Waals surface area contributed by atoms with E-state index >= 15 is 0 Å². The summed E-state index contributed by atoms with van der Waals surface area (Å²) in [6.45, 7) is 3.75. The third-order valence-electron chi connectivity index (χ3n) is 2.89. The van der Waals surface area contributed by atoms with Crippen molar-refractivity contribution < 1.29 is 19.0 Å². The van der Waals surface area contributed by atoms with Crippen LogP contribution in [0, 0.1) is 5.82 Å². The van der Waals surface area contributed by atoms with Gasteiger partial charge in [-0.2, -0.15) is 5.10 Å². The van der Waals surface area contributed by atoms with E-state index in [2.05, 4.69) is 5.10 Å². The second kappa shape index (κ2) is 5.32. The fraction of sp³-hybridized carbons (Fsp3) is 0.286. The summed E-state index contributed by atoms with van der Waals surface area (Å²) in [4.78, 5) is 11.0. The summed E-state index contributed by atoms with van der Waals surface area (Å²) in [6.07, 6.45) is 0. The number of hydrogen-bond acceptors (Lipinski definition) is 3. The van der Waals surface area contributed by atoms with Crippen LogP contribution in [-0.2, 0) is 0 Å². The predicted molar refractivity (Wildman–Crippen MR) is 71.5 cm³/mol. The lowest BCUT2D eigenvalue weighted by Crippen LogP contribution is -2.06. The van der Waals surface area contributed by atoms with Gasteiger partial charge in [-0.3, -0.25) is 4.68 Å². The zero-order chi connectivity index (χ0) is 14.9. The summed E-state index contributed by atoms with van der Waals surface area (Å²) >= 11 is 0. The van der Waals surface area contributed by atoms with Crippen molar-refractivity contribution in [1.82, 2.24) is 9.78 Å². The average Bonchev–Trinajstić information content (AvgIpc) is 2.84. The van der Waals surface area contributed by atoms with Gasteiger partial charge in [0.05, 0.1) is 12.8 Å². The molecule has 0 saturated carbocycles. The number of methoxy groups -OCH3 is 1. The molecule has 6 heteroatoms. The Bertz CT molecular complexity index is 650. The van der Waals surface area contributed by atoms with Crippen LogP contribution in [0.3, 0.4) is 0 Å². The van der Waals surface area contributed by atoms with Gasteiger partial charge in [0.2, 0.25) is 0 Å². The largest absolute Gasteiger partial charge is 0.494 e. The zero-order valence-corrected chi connectivity index (χ0v) is 11.4. The lowest BCUT2D eigenvalue weighted by molar-refractivity contribution is 0.0689. The van der Waals surface area contributed by atoms with E-state index in [-0.39, 0.29) is 17.5 Å². The maximum atomic E-state index is 13.8. The van der Waals surface area contributed by atoms with Gasteiger partial charge in [0, 0.05) is 11.6 Å². The van der Waals surface area contributed by atoms with Gasteiger partial charge in [-0.05, 0) is 38.1 Å². The summed E-state index contributed by atoms with van der Waals surface area (Å²) in [6, 6.07) is 5.87. The summed E-state index contributed by atoms with van der Waals surface area (Å²) < 4.78 is 20.2. The minimum atomic E-state index is -1.11. The van der Waals surface area contributed by atoms with E-state index in [1.54, 1.807) is 10.7 Å². The molecule has 0 fully saturated rings. The average molecular weight is 278 g/mol. The first kappa shape index (κ1) is 14.0. The number of benzene rings is 1. The molecule has 0 atom stereocenters. The van der Waals surface area contributed by atoms with E-state index in [9.17, 15) is 9.18 Å². The van der Waals surface area contributed by atoms with Crippen LogP contribution >= 0.6 is 0 Å². The van der Waals surface area contributed by atoms with Crippen LogP contribution in [0.15, 0.2) is 24.3 Å². The second-order valence-corrected chi connectivity index (χ2v) is 4.61. The fourth-order valence-electron chi connectivity index (χ4n) is 1.93. The Labute approximate surface area is 115 Å². The number of hydrogen-bond donors (Lipinski definition) is 1. The van der Waals surface area contributed by atoms with Crippen molar-refractivity contribution >= 4 is 5.97 Å². The summed E-state index contributed by atoms with van der Waals surface area (Å²) in [5.41, 5.74) is 1.04. The molecule has 2 rings (SSSR count). The molecule has 0 saturated heterocycles. The molecule has 1 aromatic heterocycles. The second-order valence-electron chi connectivity index (χ2n) is 4.61. The molecule has 5 nitrogen and oxygen atoms in total. The molecule has 1 heterocycles. The van der Waals surface area contributed by atoms with Crippen molar-refractivity contribution in [3.63, 3.8) is 0 Å². The van der Waals surface area contributed by atoms with Gasteiger partial charge in [0.1, 0.15) is 0 Å². The van der Waals surface area contributed by atoms with Crippen LogP contribution in [0.4, 0.5) is 4.39 Å². The number of aromatic nitrogens is 2. The monoisotopic (exact) mass is 278 g/mol. The van der Waals surface area contributed by atoms with Crippen molar-refractivity contribution in [3.8, 4) is 17.0 Å². The molecule has 0 bridgehead atoms. The van der Waals surface area contributed by atoms with E-state index < -0.39 is 11.8 Å². The Hall–Kier alpha value is -2.37. The molecule has 1 N–H and O–H groups in total. The van der Waals surface area contributed by atoms with Crippen molar-refractivity contribution in [2.24, 2.45) is 0 Å². The maximum absolute atomic E-state index is 13.8. The Balaban J connectivity index is 2.56. The molecule has 2 aromatic rings. The highest BCUT2D eigenvalue weighted by Gasteiger charge is 2.17. The third kappa shape index (κ3) is 2.49. The lowest BCUT2D eigenvalue weighted by Gasteiger charge is -2.11. The maximum Gasteiger partial charge on any atom is 0.356 e. The SMILES string of the molecule is COc1ccc(-c2cc(C(=O)O)nn2C(C)C)cc1F. The van der Waals surface area contributed by atoms with Crippen LogP contribution < -0.4 is 4.74 Å². The quantitative estimate of drug-likeness (QED) is 0.933. The van der Waals surface area contributed by atoms with Gasteiger partial charge < -0.3 is 9.84 Å². The van der Waals surface area contributed by atoms with Crippen LogP contribution in [0.1, 0.15) is 30.4 Å². The van der Waals surface area contributed by atoms with Gasteiger partial charge in [-0.15, -0.1) is 0 Å². The molecule has 0 aliphatic carbocycles. The van der Waals surface area contributed by atoms with Crippen LogP contribution in [0.5, 0.6) is 5.75 Å². The number of ether oxygens (including phenoxy) is 1. The summed E-state index contributed by atoms with van der Waals surface area (Å²) in [7, 11) is 1.39. The van der Waals surface area contributed by atoms with Gasteiger partial charge in [0.15, 0.2) is 17.3 Å². The van der Waals surface area contributed by atoms with Crippen molar-refractivity contribution in [2.45, 2.75) is 19.9 Å². The number of halogens is 1. The van der Waals surface area contributed by atoms with Gasteiger partial charge in [-0.25, -0.2) is 9.18 Å². The number of carboxylic acids is 1. The summed E-state index contributed by atoms with van der Waals surface area (Å²) in [5.74, 6) is -1.47. The Morgan fingerprint density at radius 1 is 1.40 bits per heavy atom. The van der Waals surface area contributed by atoms with Crippen molar-refractivity contribution in [1.29, 1.82) is 0 Å². The number of carbonyl (C=O) groups is 1. The van der Waals surface area contributed by atoms with Crippen molar-refractivity contribution in [3.05, 3.63) is 35.8 Å². The van der Waals surface area contributed by atoms with E-state index in [0.717, 1.165) is 0 Å². The molecular weight excluding hydrogens is 263 g/mol. The van der Waals surface area contributed by atoms with Crippen LogP contribution in [-0.4, -0.2) is 28.0 Å². The van der Waals surface area contributed by atoms with E-state index in [0.29, 0.717) is 11.3 Å². The highest BCUT2D eigenvalue weighted by Crippen LogP contribution is 2.28. The molecule has 0 amide bonds. The Morgan fingerprint density at radius 3 is 2.60 bits per heavy atom. The standard InChI is InChI=1S/C14H15FN2O3/c1-8(2)17-12(7-11(16-17)14(18)19)9-4-5-13(20-3)10(15)6-9/h4-8H,1-3H3,(H,18,19). The topological polar surface area (TPSA) is 64.3 Å². The molecule has 20 heavy (non-hydrogen) atoms. The zero-order valence-electron chi connectivity index (χ0n) is 11.4. The van der Waals surface area contributed by atoms with E-state index in [1.165, 1.54) is 25.3 Å². The predicted octanol–water partition coefficient (Wildman–Crippen LogP) is 2.98. The molecule has 0 aliphatic heterocycles. The number of aromatic carboxylic acids is 1. The first-order valence-electron chi connectivity index (χ1n) is 6.10. The van der Waals surface area contributed by atoms with E-state index in [4.69, 9.17) is 9.84 Å². The number of carboxylic acid groups (broad SMARTS) is 1. The first-order chi connectivity index (χ1) is 9.43. The molecule has 0 spiro atoms. The van der Waals surface area contributed by atoms with Crippen molar-refractivity contribution in [2.75, 3.05) is 7.11 Å². The molecule has 0 aliphatic rings. The highest BCUT2D eigenvalue weighted by atomic mass is 19.1. The molecular formula is C14H15FN2O3. The molecule has 0 unspecified atom stereocenters. The summed E-state index contributed by atoms with van der Waals surface area (Å²) in [5, 5.41) is 13.0. The fourth-order valence-corrected chi connectivity index (χ4v) is 1.93. The number of nitrogens with zero attached hydrogens (tertiary/aromatic N) is 2. The first-order valence-corrected chi connectivity index (χ1v) is 6.10.